The summed E-state index contributed by atoms with van der Waals surface area (Å²) < 4.78 is 0.362. The number of carbonyl (C=O) groups is 1. The lowest BCUT2D eigenvalue weighted by molar-refractivity contribution is -0.136. The van der Waals surface area contributed by atoms with Crippen LogP contribution in [0.4, 0.5) is 0 Å². The van der Waals surface area contributed by atoms with Gasteiger partial charge in [-0.05, 0) is 46.5 Å². The van der Waals surface area contributed by atoms with Crippen molar-refractivity contribution in [3.63, 3.8) is 0 Å². The number of aryl methyl sites for hydroxylation is 1. The number of aliphatic carboxylic acids is 1. The highest BCUT2D eigenvalue weighted by atomic mass is 79.9. The van der Waals surface area contributed by atoms with Crippen LogP contribution in [0.25, 0.3) is 0 Å². The van der Waals surface area contributed by atoms with Gasteiger partial charge in [-0.2, -0.15) is 0 Å². The van der Waals surface area contributed by atoms with Crippen LogP contribution in [0, 0.1) is 6.92 Å². The Hall–Kier alpha value is -1.23. The van der Waals surface area contributed by atoms with Gasteiger partial charge in [0, 0.05) is 6.42 Å². The third-order valence-corrected chi connectivity index (χ3v) is 2.99. The van der Waals surface area contributed by atoms with Gasteiger partial charge in [0.2, 0.25) is 0 Å². The van der Waals surface area contributed by atoms with Crippen LogP contribution in [0.15, 0.2) is 10.5 Å². The summed E-state index contributed by atoms with van der Waals surface area (Å²) in [5, 5.41) is 27.3. The molecule has 0 fully saturated rings. The van der Waals surface area contributed by atoms with Crippen LogP contribution in [0.2, 0.25) is 0 Å². The van der Waals surface area contributed by atoms with Crippen LogP contribution in [-0.2, 0) is 11.2 Å². The first-order valence-electron chi connectivity index (χ1n) is 4.35. The Morgan fingerprint density at radius 3 is 2.60 bits per heavy atom. The van der Waals surface area contributed by atoms with Gasteiger partial charge in [0.05, 0.1) is 4.47 Å². The summed E-state index contributed by atoms with van der Waals surface area (Å²) in [5.74, 6) is -1.35. The minimum atomic E-state index is -0.895. The van der Waals surface area contributed by atoms with Crippen molar-refractivity contribution in [2.24, 2.45) is 0 Å². The van der Waals surface area contributed by atoms with E-state index in [1.165, 1.54) is 6.07 Å². The fraction of sp³-hybridized carbons (Fsp3) is 0.300. The molecule has 15 heavy (non-hydrogen) atoms. The molecule has 1 rings (SSSR count). The zero-order valence-electron chi connectivity index (χ0n) is 8.12. The highest BCUT2D eigenvalue weighted by molar-refractivity contribution is 9.10. The van der Waals surface area contributed by atoms with Gasteiger partial charge in [-0.1, -0.05) is 0 Å². The number of carboxylic acids is 1. The maximum Gasteiger partial charge on any atom is 0.303 e. The number of rotatable bonds is 3. The Kier molecular flexibility index (Phi) is 3.57. The van der Waals surface area contributed by atoms with Crippen molar-refractivity contribution in [2.75, 3.05) is 0 Å². The SMILES string of the molecule is Cc1cc(O)c(O)c(Br)c1CCC(=O)O. The molecule has 0 aliphatic rings. The van der Waals surface area contributed by atoms with Crippen LogP contribution < -0.4 is 0 Å². The number of carboxylic acid groups (broad SMARTS) is 1. The lowest BCUT2D eigenvalue weighted by Crippen LogP contribution is -2.00. The lowest BCUT2D eigenvalue weighted by atomic mass is 10.0. The largest absolute Gasteiger partial charge is 0.504 e. The van der Waals surface area contributed by atoms with Crippen LogP contribution in [0.3, 0.4) is 0 Å². The molecule has 0 saturated carbocycles. The minimum absolute atomic E-state index is 0.0103. The highest BCUT2D eigenvalue weighted by Crippen LogP contribution is 2.38. The molecule has 0 unspecified atom stereocenters. The summed E-state index contributed by atoms with van der Waals surface area (Å²) in [6.07, 6.45) is 0.305. The van der Waals surface area contributed by atoms with E-state index in [0.29, 0.717) is 16.5 Å². The zero-order chi connectivity index (χ0) is 11.6. The predicted octanol–water partition coefficient (Wildman–Crippen LogP) is 2.19. The molecule has 0 amide bonds. The number of phenols is 2. The normalized spacial score (nSPS) is 10.3. The quantitative estimate of drug-likeness (QED) is 0.739. The second kappa shape index (κ2) is 4.53. The van der Waals surface area contributed by atoms with E-state index < -0.39 is 5.97 Å². The molecule has 5 heteroatoms. The summed E-state index contributed by atoms with van der Waals surface area (Å²) >= 11 is 3.13. The van der Waals surface area contributed by atoms with Gasteiger partial charge in [0.25, 0.3) is 0 Å². The molecule has 0 aliphatic carbocycles. The van der Waals surface area contributed by atoms with Gasteiger partial charge in [-0.3, -0.25) is 4.79 Å². The van der Waals surface area contributed by atoms with Crippen molar-refractivity contribution in [3.05, 3.63) is 21.7 Å². The van der Waals surface area contributed by atoms with Gasteiger partial charge in [0.1, 0.15) is 0 Å². The first-order valence-corrected chi connectivity index (χ1v) is 5.14. The summed E-state index contributed by atoms with van der Waals surface area (Å²) in [7, 11) is 0. The van der Waals surface area contributed by atoms with Gasteiger partial charge in [-0.15, -0.1) is 0 Å². The number of halogens is 1. The topological polar surface area (TPSA) is 77.8 Å². The van der Waals surface area contributed by atoms with Crippen molar-refractivity contribution >= 4 is 21.9 Å². The van der Waals surface area contributed by atoms with Gasteiger partial charge in [0.15, 0.2) is 11.5 Å². The predicted molar refractivity (Wildman–Crippen MR) is 58.2 cm³/mol. The molecule has 1 aromatic rings. The molecule has 0 atom stereocenters. The van der Waals surface area contributed by atoms with E-state index in [1.807, 2.05) is 0 Å². The second-order valence-electron chi connectivity index (χ2n) is 3.25. The maximum absolute atomic E-state index is 10.4. The van der Waals surface area contributed by atoms with Crippen LogP contribution in [0.5, 0.6) is 11.5 Å². The summed E-state index contributed by atoms with van der Waals surface area (Å²) in [4.78, 5) is 10.4. The van der Waals surface area contributed by atoms with Gasteiger partial charge in [-0.25, -0.2) is 0 Å². The van der Waals surface area contributed by atoms with Crippen molar-refractivity contribution in [1.29, 1.82) is 0 Å². The van der Waals surface area contributed by atoms with Crippen molar-refractivity contribution in [2.45, 2.75) is 19.8 Å². The Labute approximate surface area is 95.3 Å². The highest BCUT2D eigenvalue weighted by Gasteiger charge is 2.13. The number of aromatic hydroxyl groups is 2. The molecule has 0 bridgehead atoms. The average molecular weight is 275 g/mol. The molecule has 0 saturated heterocycles. The smallest absolute Gasteiger partial charge is 0.303 e. The molecule has 1 aromatic carbocycles. The third kappa shape index (κ3) is 2.62. The van der Waals surface area contributed by atoms with Crippen molar-refractivity contribution in [1.82, 2.24) is 0 Å². The monoisotopic (exact) mass is 274 g/mol. The van der Waals surface area contributed by atoms with E-state index >= 15 is 0 Å². The molecule has 0 radical (unpaired) electrons. The van der Waals surface area contributed by atoms with E-state index in [2.05, 4.69) is 15.9 Å². The molecule has 82 valence electrons. The molecular weight excluding hydrogens is 264 g/mol. The molecule has 0 aromatic heterocycles. The first-order chi connectivity index (χ1) is 6.93. The zero-order valence-corrected chi connectivity index (χ0v) is 9.71. The Balaban J connectivity index is 3.07. The Morgan fingerprint density at radius 1 is 1.47 bits per heavy atom. The summed E-state index contributed by atoms with van der Waals surface area (Å²) in [5.41, 5.74) is 1.45. The standard InChI is InChI=1S/C10H11BrO4/c1-5-4-7(12)10(15)9(11)6(5)2-3-8(13)14/h4,12,15H,2-3H2,1H3,(H,13,14). The number of hydrogen-bond acceptors (Lipinski definition) is 3. The van der Waals surface area contributed by atoms with Crippen LogP contribution >= 0.6 is 15.9 Å². The Morgan fingerprint density at radius 2 is 2.07 bits per heavy atom. The van der Waals surface area contributed by atoms with E-state index in [-0.39, 0.29) is 17.9 Å². The minimum Gasteiger partial charge on any atom is -0.504 e. The molecule has 0 spiro atoms. The lowest BCUT2D eigenvalue weighted by Gasteiger charge is -2.10. The van der Waals surface area contributed by atoms with Crippen molar-refractivity contribution < 1.29 is 20.1 Å². The van der Waals surface area contributed by atoms with E-state index in [0.717, 1.165) is 5.56 Å². The third-order valence-electron chi connectivity index (χ3n) is 2.13. The first kappa shape index (κ1) is 11.8. The number of hydrogen-bond donors (Lipinski definition) is 3. The molecule has 0 heterocycles. The molecule has 4 nitrogen and oxygen atoms in total. The summed E-state index contributed by atoms with van der Waals surface area (Å²) in [6.45, 7) is 1.75. The average Bonchev–Trinajstić information content (AvgIpc) is 2.14. The van der Waals surface area contributed by atoms with E-state index in [9.17, 15) is 15.0 Å². The van der Waals surface area contributed by atoms with Crippen molar-refractivity contribution in [3.8, 4) is 11.5 Å². The van der Waals surface area contributed by atoms with E-state index in [4.69, 9.17) is 5.11 Å². The second-order valence-corrected chi connectivity index (χ2v) is 4.04. The Bertz CT molecular complexity index is 401. The van der Waals surface area contributed by atoms with Gasteiger partial charge >= 0.3 is 5.97 Å². The number of benzene rings is 1. The van der Waals surface area contributed by atoms with Crippen LogP contribution in [-0.4, -0.2) is 21.3 Å². The van der Waals surface area contributed by atoms with Gasteiger partial charge < -0.3 is 15.3 Å². The number of phenolic OH excluding ortho intramolecular Hbond substituents is 2. The molecule has 0 aliphatic heterocycles. The van der Waals surface area contributed by atoms with Crippen LogP contribution in [0.1, 0.15) is 17.5 Å². The fourth-order valence-corrected chi connectivity index (χ4v) is 2.04. The molecular formula is C10H11BrO4. The molecule has 3 N–H and O–H groups in total. The maximum atomic E-state index is 10.4. The fourth-order valence-electron chi connectivity index (χ4n) is 1.33. The summed E-state index contributed by atoms with van der Waals surface area (Å²) in [6, 6.07) is 1.41. The van der Waals surface area contributed by atoms with E-state index in [1.54, 1.807) is 6.92 Å².